The van der Waals surface area contributed by atoms with E-state index in [-0.39, 0.29) is 6.04 Å². The van der Waals surface area contributed by atoms with E-state index in [0.29, 0.717) is 0 Å². The van der Waals surface area contributed by atoms with Crippen LogP contribution in [0.1, 0.15) is 35.3 Å². The molecule has 1 aromatic heterocycles. The molecule has 3 nitrogen and oxygen atoms in total. The molecule has 2 rings (SSSR count). The highest BCUT2D eigenvalue weighted by molar-refractivity contribution is 5.44. The largest absolute Gasteiger partial charge is 0.455 e. The van der Waals surface area contributed by atoms with Crippen molar-refractivity contribution >= 4 is 0 Å². The normalized spacial score (nSPS) is 12.3. The van der Waals surface area contributed by atoms with E-state index < -0.39 is 0 Å². The Bertz CT molecular complexity index is 574. The Kier molecular flexibility index (Phi) is 3.86. The van der Waals surface area contributed by atoms with E-state index in [9.17, 15) is 0 Å². The fraction of sp³-hybridized carbons (Fsp3) is 0.312. The van der Waals surface area contributed by atoms with Crippen LogP contribution in [0.5, 0.6) is 11.5 Å². The van der Waals surface area contributed by atoms with Crippen LogP contribution < -0.4 is 10.5 Å². The van der Waals surface area contributed by atoms with E-state index in [1.54, 1.807) is 6.20 Å². The zero-order valence-electron chi connectivity index (χ0n) is 11.9. The smallest absolute Gasteiger partial charge is 0.145 e. The predicted octanol–water partition coefficient (Wildman–Crippen LogP) is 3.82. The summed E-state index contributed by atoms with van der Waals surface area (Å²) in [5, 5.41) is 0. The summed E-state index contributed by atoms with van der Waals surface area (Å²) in [6.45, 7) is 8.13. The third-order valence-electron chi connectivity index (χ3n) is 3.22. The number of rotatable bonds is 3. The van der Waals surface area contributed by atoms with Gasteiger partial charge >= 0.3 is 0 Å². The van der Waals surface area contributed by atoms with Crippen molar-refractivity contribution in [2.24, 2.45) is 5.73 Å². The van der Waals surface area contributed by atoms with Crippen LogP contribution in [0, 0.1) is 20.8 Å². The molecule has 0 spiro atoms. The van der Waals surface area contributed by atoms with Gasteiger partial charge in [-0.15, -0.1) is 0 Å². The van der Waals surface area contributed by atoms with Gasteiger partial charge in [-0.1, -0.05) is 6.07 Å². The van der Waals surface area contributed by atoms with Gasteiger partial charge in [0.15, 0.2) is 0 Å². The predicted molar refractivity (Wildman–Crippen MR) is 77.6 cm³/mol. The van der Waals surface area contributed by atoms with Crippen LogP contribution in [-0.4, -0.2) is 4.98 Å². The number of benzene rings is 1. The maximum absolute atomic E-state index is 5.90. The molecule has 0 bridgehead atoms. The summed E-state index contributed by atoms with van der Waals surface area (Å²) >= 11 is 0. The molecule has 1 heterocycles. The van der Waals surface area contributed by atoms with Gasteiger partial charge in [0.05, 0.1) is 11.9 Å². The first-order valence-corrected chi connectivity index (χ1v) is 6.44. The Morgan fingerprint density at radius 1 is 1.16 bits per heavy atom. The van der Waals surface area contributed by atoms with Crippen molar-refractivity contribution in [3.63, 3.8) is 0 Å². The lowest BCUT2D eigenvalue weighted by atomic mass is 10.1. The fourth-order valence-electron chi connectivity index (χ4n) is 1.96. The van der Waals surface area contributed by atoms with Crippen molar-refractivity contribution in [2.75, 3.05) is 0 Å². The highest BCUT2D eigenvalue weighted by Crippen LogP contribution is 2.28. The number of hydrogen-bond acceptors (Lipinski definition) is 3. The summed E-state index contributed by atoms with van der Waals surface area (Å²) in [5.41, 5.74) is 10.2. The lowest BCUT2D eigenvalue weighted by molar-refractivity contribution is 0.474. The van der Waals surface area contributed by atoms with Crippen LogP contribution in [0.3, 0.4) is 0 Å². The molecule has 1 aromatic carbocycles. The lowest BCUT2D eigenvalue weighted by Crippen LogP contribution is -2.06. The van der Waals surface area contributed by atoms with Gasteiger partial charge in [0.25, 0.3) is 0 Å². The number of aromatic nitrogens is 1. The molecule has 3 heteroatoms. The average Bonchev–Trinajstić information content (AvgIpc) is 2.36. The van der Waals surface area contributed by atoms with Crippen LogP contribution in [-0.2, 0) is 0 Å². The fourth-order valence-corrected chi connectivity index (χ4v) is 1.96. The Balaban J connectivity index is 2.26. The minimum atomic E-state index is -0.0583. The average molecular weight is 256 g/mol. The Labute approximate surface area is 114 Å². The van der Waals surface area contributed by atoms with Crippen molar-refractivity contribution in [3.05, 3.63) is 52.8 Å². The van der Waals surface area contributed by atoms with Crippen LogP contribution >= 0.6 is 0 Å². The van der Waals surface area contributed by atoms with Crippen molar-refractivity contribution in [1.29, 1.82) is 0 Å². The lowest BCUT2D eigenvalue weighted by Gasteiger charge is -2.12. The van der Waals surface area contributed by atoms with E-state index in [4.69, 9.17) is 10.5 Å². The zero-order chi connectivity index (χ0) is 14.0. The van der Waals surface area contributed by atoms with Gasteiger partial charge in [0.2, 0.25) is 0 Å². The molecule has 19 heavy (non-hydrogen) atoms. The zero-order valence-corrected chi connectivity index (χ0v) is 11.9. The van der Waals surface area contributed by atoms with Gasteiger partial charge in [0, 0.05) is 6.04 Å². The van der Waals surface area contributed by atoms with Crippen LogP contribution in [0.15, 0.2) is 30.5 Å². The molecule has 0 aliphatic heterocycles. The van der Waals surface area contributed by atoms with Gasteiger partial charge in [-0.2, -0.15) is 0 Å². The van der Waals surface area contributed by atoms with Crippen LogP contribution in [0.4, 0.5) is 0 Å². The summed E-state index contributed by atoms with van der Waals surface area (Å²) in [5.74, 6) is 1.62. The molecule has 100 valence electrons. The molecule has 0 saturated heterocycles. The molecule has 0 fully saturated rings. The van der Waals surface area contributed by atoms with E-state index >= 15 is 0 Å². The molecule has 2 N–H and O–H groups in total. The SMILES string of the molecule is Cc1cc(C)c(C)c(Oc2ccc([C@@H](C)N)nc2)c1. The molecular weight excluding hydrogens is 236 g/mol. The van der Waals surface area contributed by atoms with Gasteiger partial charge in [-0.3, -0.25) is 4.98 Å². The number of nitrogens with zero attached hydrogens (tertiary/aromatic N) is 1. The van der Waals surface area contributed by atoms with E-state index in [1.807, 2.05) is 25.1 Å². The number of aryl methyl sites for hydroxylation is 2. The Morgan fingerprint density at radius 2 is 1.89 bits per heavy atom. The standard InChI is InChI=1S/C16H20N2O/c1-10-7-11(2)12(3)16(8-10)19-14-5-6-15(13(4)17)18-9-14/h5-9,13H,17H2,1-4H3/t13-/m1/s1. The van der Waals surface area contributed by atoms with Crippen molar-refractivity contribution in [3.8, 4) is 11.5 Å². The monoisotopic (exact) mass is 256 g/mol. The topological polar surface area (TPSA) is 48.1 Å². The van der Waals surface area contributed by atoms with Gasteiger partial charge < -0.3 is 10.5 Å². The number of ether oxygens (including phenoxy) is 1. The summed E-state index contributed by atoms with van der Waals surface area (Å²) in [4.78, 5) is 4.30. The minimum absolute atomic E-state index is 0.0583. The second kappa shape index (κ2) is 5.41. The van der Waals surface area contributed by atoms with Gasteiger partial charge in [-0.25, -0.2) is 0 Å². The third-order valence-corrected chi connectivity index (χ3v) is 3.22. The van der Waals surface area contributed by atoms with E-state index in [1.165, 1.54) is 11.1 Å². The first-order valence-electron chi connectivity index (χ1n) is 6.44. The second-order valence-electron chi connectivity index (χ2n) is 5.01. The van der Waals surface area contributed by atoms with Crippen molar-refractivity contribution < 1.29 is 4.74 Å². The third kappa shape index (κ3) is 3.12. The molecule has 0 aliphatic rings. The summed E-state index contributed by atoms with van der Waals surface area (Å²) in [7, 11) is 0. The molecule has 0 aliphatic carbocycles. The molecular formula is C16H20N2O. The van der Waals surface area contributed by atoms with Crippen LogP contribution in [0.25, 0.3) is 0 Å². The van der Waals surface area contributed by atoms with E-state index in [2.05, 4.69) is 31.8 Å². The minimum Gasteiger partial charge on any atom is -0.455 e. The molecule has 2 aromatic rings. The molecule has 0 unspecified atom stereocenters. The van der Waals surface area contributed by atoms with Crippen molar-refractivity contribution in [1.82, 2.24) is 4.98 Å². The van der Waals surface area contributed by atoms with Gasteiger partial charge in [0.1, 0.15) is 11.5 Å². The first kappa shape index (κ1) is 13.6. The molecule has 0 amide bonds. The number of hydrogen-bond donors (Lipinski definition) is 1. The molecule has 0 radical (unpaired) electrons. The Hall–Kier alpha value is -1.87. The molecule has 1 atom stereocenters. The number of nitrogens with two attached hydrogens (primary N) is 1. The Morgan fingerprint density at radius 3 is 2.47 bits per heavy atom. The number of pyridine rings is 1. The van der Waals surface area contributed by atoms with E-state index in [0.717, 1.165) is 22.8 Å². The summed E-state index contributed by atoms with van der Waals surface area (Å²) < 4.78 is 5.90. The quantitative estimate of drug-likeness (QED) is 0.908. The molecule has 0 saturated carbocycles. The van der Waals surface area contributed by atoms with Gasteiger partial charge in [-0.05, 0) is 62.6 Å². The second-order valence-corrected chi connectivity index (χ2v) is 5.01. The van der Waals surface area contributed by atoms with Crippen LogP contribution in [0.2, 0.25) is 0 Å². The highest BCUT2D eigenvalue weighted by Gasteiger charge is 2.06. The maximum Gasteiger partial charge on any atom is 0.145 e. The highest BCUT2D eigenvalue weighted by atomic mass is 16.5. The summed E-state index contributed by atoms with van der Waals surface area (Å²) in [6.07, 6.45) is 1.72. The first-order chi connectivity index (χ1) is 8.97. The van der Waals surface area contributed by atoms with Crippen molar-refractivity contribution in [2.45, 2.75) is 33.7 Å². The summed E-state index contributed by atoms with van der Waals surface area (Å²) in [6, 6.07) is 7.94. The maximum atomic E-state index is 5.90.